The number of benzene rings is 1. The van der Waals surface area contributed by atoms with Crippen molar-refractivity contribution < 1.29 is 9.84 Å². The highest BCUT2D eigenvalue weighted by Gasteiger charge is 2.17. The van der Waals surface area contributed by atoms with Gasteiger partial charge in [-0.3, -0.25) is 0 Å². The van der Waals surface area contributed by atoms with Gasteiger partial charge in [0.2, 0.25) is 0 Å². The molecule has 0 amide bonds. The van der Waals surface area contributed by atoms with Crippen LogP contribution in [0.1, 0.15) is 19.4 Å². The van der Waals surface area contributed by atoms with Crippen molar-refractivity contribution in [2.24, 2.45) is 0 Å². The van der Waals surface area contributed by atoms with Gasteiger partial charge in [-0.15, -0.1) is 0 Å². The first-order valence-corrected chi connectivity index (χ1v) is 6.07. The van der Waals surface area contributed by atoms with Crippen molar-refractivity contribution in [3.63, 3.8) is 0 Å². The molecule has 0 aliphatic rings. The fourth-order valence-corrected chi connectivity index (χ4v) is 1.94. The molecule has 0 atom stereocenters. The van der Waals surface area contributed by atoms with Crippen LogP contribution in [0.2, 0.25) is 10.0 Å². The van der Waals surface area contributed by atoms with Gasteiger partial charge in [-0.25, -0.2) is 0 Å². The molecule has 1 aromatic rings. The van der Waals surface area contributed by atoms with Gasteiger partial charge in [0.1, 0.15) is 12.4 Å². The van der Waals surface area contributed by atoms with E-state index in [1.54, 1.807) is 26.0 Å². The van der Waals surface area contributed by atoms with Crippen molar-refractivity contribution in [3.05, 3.63) is 27.7 Å². The first-order valence-electron chi connectivity index (χ1n) is 5.31. The molecular weight excluding hydrogens is 261 g/mol. The Morgan fingerprint density at radius 1 is 1.35 bits per heavy atom. The Balaban J connectivity index is 2.95. The summed E-state index contributed by atoms with van der Waals surface area (Å²) in [6.07, 6.45) is 0. The Morgan fingerprint density at radius 3 is 2.53 bits per heavy atom. The van der Waals surface area contributed by atoms with Gasteiger partial charge in [0.25, 0.3) is 0 Å². The Hall–Kier alpha value is -0.480. The largest absolute Gasteiger partial charge is 0.489 e. The molecule has 0 heterocycles. The Kier molecular flexibility index (Phi) is 5.07. The lowest BCUT2D eigenvalue weighted by molar-refractivity contribution is 0.0282. The minimum Gasteiger partial charge on any atom is -0.489 e. The maximum atomic E-state index is 9.64. The molecular formula is C12H17Cl2NO2. The summed E-state index contributed by atoms with van der Waals surface area (Å²) >= 11 is 12.0. The van der Waals surface area contributed by atoms with Crippen LogP contribution < -0.4 is 10.1 Å². The predicted octanol–water partition coefficient (Wildman–Crippen LogP) is 2.86. The first kappa shape index (κ1) is 14.6. The van der Waals surface area contributed by atoms with E-state index in [1.807, 2.05) is 7.05 Å². The Morgan fingerprint density at radius 2 is 2.00 bits per heavy atom. The minimum absolute atomic E-state index is 0.172. The lowest BCUT2D eigenvalue weighted by Crippen LogP contribution is -2.28. The third-order valence-corrected chi connectivity index (χ3v) is 2.52. The molecule has 0 aliphatic heterocycles. The summed E-state index contributed by atoms with van der Waals surface area (Å²) in [5.74, 6) is 0.563. The van der Waals surface area contributed by atoms with E-state index in [9.17, 15) is 5.11 Å². The second kappa shape index (κ2) is 5.91. The van der Waals surface area contributed by atoms with Gasteiger partial charge in [-0.05, 0) is 33.0 Å². The molecule has 2 N–H and O–H groups in total. The summed E-state index contributed by atoms with van der Waals surface area (Å²) < 4.78 is 5.56. The van der Waals surface area contributed by atoms with Crippen molar-refractivity contribution in [2.45, 2.75) is 26.0 Å². The van der Waals surface area contributed by atoms with E-state index >= 15 is 0 Å². The molecule has 96 valence electrons. The van der Waals surface area contributed by atoms with Gasteiger partial charge in [0.15, 0.2) is 0 Å². The summed E-state index contributed by atoms with van der Waals surface area (Å²) in [6.45, 7) is 4.12. The van der Waals surface area contributed by atoms with Crippen LogP contribution in [0.5, 0.6) is 5.75 Å². The third kappa shape index (κ3) is 4.72. The number of hydrogen-bond acceptors (Lipinski definition) is 3. The zero-order chi connectivity index (χ0) is 13.1. The van der Waals surface area contributed by atoms with Gasteiger partial charge in [0.05, 0.1) is 10.6 Å². The molecule has 0 radical (unpaired) electrons. The molecule has 0 unspecified atom stereocenters. The third-order valence-electron chi connectivity index (χ3n) is 2.02. The van der Waals surface area contributed by atoms with Crippen LogP contribution in [0.25, 0.3) is 0 Å². The molecule has 1 aromatic carbocycles. The average Bonchev–Trinajstić information content (AvgIpc) is 2.14. The van der Waals surface area contributed by atoms with E-state index in [0.717, 1.165) is 5.56 Å². The standard InChI is InChI=1S/C12H17Cl2NO2/c1-12(2,16)7-17-11-8(6-15-3)4-9(13)5-10(11)14/h4-5,15-16H,6-7H2,1-3H3. The van der Waals surface area contributed by atoms with Crippen molar-refractivity contribution in [1.29, 1.82) is 0 Å². The number of halogens is 2. The topological polar surface area (TPSA) is 41.5 Å². The van der Waals surface area contributed by atoms with Crippen LogP contribution in [-0.2, 0) is 6.54 Å². The normalized spacial score (nSPS) is 11.6. The molecule has 1 rings (SSSR count). The maximum Gasteiger partial charge on any atom is 0.142 e. The predicted molar refractivity (Wildman–Crippen MR) is 71.0 cm³/mol. The van der Waals surface area contributed by atoms with Crippen LogP contribution in [0, 0.1) is 0 Å². The SMILES string of the molecule is CNCc1cc(Cl)cc(Cl)c1OCC(C)(C)O. The zero-order valence-corrected chi connectivity index (χ0v) is 11.7. The van der Waals surface area contributed by atoms with Crippen molar-refractivity contribution in [1.82, 2.24) is 5.32 Å². The van der Waals surface area contributed by atoms with Crippen LogP contribution in [0.15, 0.2) is 12.1 Å². The van der Waals surface area contributed by atoms with Gasteiger partial charge in [-0.2, -0.15) is 0 Å². The van der Waals surface area contributed by atoms with Crippen LogP contribution in [0.3, 0.4) is 0 Å². The summed E-state index contributed by atoms with van der Waals surface area (Å²) in [7, 11) is 1.83. The zero-order valence-electron chi connectivity index (χ0n) is 10.2. The summed E-state index contributed by atoms with van der Waals surface area (Å²) in [5.41, 5.74) is -0.0332. The number of ether oxygens (including phenoxy) is 1. The molecule has 0 bridgehead atoms. The van der Waals surface area contributed by atoms with Gasteiger partial charge >= 0.3 is 0 Å². The van der Waals surface area contributed by atoms with Crippen LogP contribution in [-0.4, -0.2) is 24.4 Å². The average molecular weight is 278 g/mol. The van der Waals surface area contributed by atoms with E-state index in [2.05, 4.69) is 5.32 Å². The molecule has 0 saturated carbocycles. The lowest BCUT2D eigenvalue weighted by Gasteiger charge is -2.20. The highest BCUT2D eigenvalue weighted by atomic mass is 35.5. The van der Waals surface area contributed by atoms with Crippen molar-refractivity contribution in [2.75, 3.05) is 13.7 Å². The van der Waals surface area contributed by atoms with Gasteiger partial charge < -0.3 is 15.2 Å². The summed E-state index contributed by atoms with van der Waals surface area (Å²) in [6, 6.07) is 3.42. The van der Waals surface area contributed by atoms with E-state index in [1.165, 1.54) is 0 Å². The van der Waals surface area contributed by atoms with Crippen molar-refractivity contribution >= 4 is 23.2 Å². The smallest absolute Gasteiger partial charge is 0.142 e. The van der Waals surface area contributed by atoms with E-state index in [-0.39, 0.29) is 6.61 Å². The number of rotatable bonds is 5. The molecule has 5 heteroatoms. The highest BCUT2D eigenvalue weighted by Crippen LogP contribution is 2.32. The fraction of sp³-hybridized carbons (Fsp3) is 0.500. The quantitative estimate of drug-likeness (QED) is 0.870. The summed E-state index contributed by atoms with van der Waals surface area (Å²) in [4.78, 5) is 0. The molecule has 0 aromatic heterocycles. The van der Waals surface area contributed by atoms with E-state index in [4.69, 9.17) is 27.9 Å². The second-order valence-corrected chi connectivity index (χ2v) is 5.35. The van der Waals surface area contributed by atoms with Gasteiger partial charge in [-0.1, -0.05) is 23.2 Å². The number of aliphatic hydroxyl groups is 1. The molecule has 0 aliphatic carbocycles. The Labute approximate surface area is 112 Å². The Bertz CT molecular complexity index is 389. The number of hydrogen-bond donors (Lipinski definition) is 2. The maximum absolute atomic E-state index is 9.64. The lowest BCUT2D eigenvalue weighted by atomic mass is 10.1. The molecule has 0 saturated heterocycles. The molecule has 0 fully saturated rings. The second-order valence-electron chi connectivity index (χ2n) is 4.51. The van der Waals surface area contributed by atoms with Crippen molar-refractivity contribution in [3.8, 4) is 5.75 Å². The van der Waals surface area contributed by atoms with E-state index < -0.39 is 5.60 Å². The van der Waals surface area contributed by atoms with Crippen LogP contribution in [0.4, 0.5) is 0 Å². The molecule has 0 spiro atoms. The van der Waals surface area contributed by atoms with E-state index in [0.29, 0.717) is 22.3 Å². The minimum atomic E-state index is -0.903. The van der Waals surface area contributed by atoms with Crippen LogP contribution >= 0.6 is 23.2 Å². The fourth-order valence-electron chi connectivity index (χ4n) is 1.35. The monoisotopic (exact) mass is 277 g/mol. The van der Waals surface area contributed by atoms with Gasteiger partial charge in [0, 0.05) is 17.1 Å². The molecule has 3 nitrogen and oxygen atoms in total. The molecule has 17 heavy (non-hydrogen) atoms. The highest BCUT2D eigenvalue weighted by molar-refractivity contribution is 6.35. The first-order chi connectivity index (χ1) is 7.83. The summed E-state index contributed by atoms with van der Waals surface area (Å²) in [5, 5.41) is 13.7. The number of nitrogens with one attached hydrogen (secondary N) is 1.